The number of aromatic nitrogens is 3. The third-order valence-corrected chi connectivity index (χ3v) is 7.24. The molecule has 2 atom stereocenters. The summed E-state index contributed by atoms with van der Waals surface area (Å²) in [4.78, 5) is 39.4. The summed E-state index contributed by atoms with van der Waals surface area (Å²) in [6.45, 7) is 9.69. The fourth-order valence-corrected chi connectivity index (χ4v) is 4.90. The van der Waals surface area contributed by atoms with Crippen LogP contribution in [0.3, 0.4) is 0 Å². The molecule has 3 N–H and O–H groups in total. The molecular formula is C29H36FN5O5. The molecule has 1 saturated carbocycles. The third-order valence-electron chi connectivity index (χ3n) is 7.24. The molecule has 214 valence electrons. The smallest absolute Gasteiger partial charge is 0.410 e. The molecule has 10 nitrogen and oxygen atoms in total. The highest BCUT2D eigenvalue weighted by molar-refractivity contribution is 6.09. The summed E-state index contributed by atoms with van der Waals surface area (Å²) >= 11 is 0. The summed E-state index contributed by atoms with van der Waals surface area (Å²) in [5, 5.41) is 13.7. The fraction of sp³-hybridized carbons (Fsp3) is 0.517. The number of carbonyl (C=O) groups is 2. The predicted octanol–water partition coefficient (Wildman–Crippen LogP) is 4.27. The van der Waals surface area contributed by atoms with Crippen LogP contribution in [0.25, 0.3) is 22.3 Å². The van der Waals surface area contributed by atoms with Crippen molar-refractivity contribution in [3.05, 3.63) is 41.1 Å². The van der Waals surface area contributed by atoms with Crippen LogP contribution in [0.2, 0.25) is 0 Å². The maximum Gasteiger partial charge on any atom is 0.410 e. The van der Waals surface area contributed by atoms with Crippen LogP contribution in [-0.2, 0) is 4.74 Å². The van der Waals surface area contributed by atoms with Crippen molar-refractivity contribution in [2.75, 3.05) is 19.7 Å². The number of carbonyl (C=O) groups excluding carboxylic acids is 2. The second kappa shape index (κ2) is 10.7. The van der Waals surface area contributed by atoms with Gasteiger partial charge in [-0.05, 0) is 71.4 Å². The molecule has 0 bridgehead atoms. The second-order valence-electron chi connectivity index (χ2n) is 11.8. The number of rotatable bonds is 6. The van der Waals surface area contributed by atoms with Crippen molar-refractivity contribution in [1.29, 1.82) is 0 Å². The highest BCUT2D eigenvalue weighted by Crippen LogP contribution is 2.37. The van der Waals surface area contributed by atoms with Crippen LogP contribution in [-0.4, -0.2) is 74.4 Å². The molecule has 1 saturated heterocycles. The van der Waals surface area contributed by atoms with Crippen molar-refractivity contribution >= 4 is 23.0 Å². The molecule has 0 unspecified atom stereocenters. The number of aliphatic hydroxyl groups is 1. The number of nitrogens with zero attached hydrogens (tertiary/aromatic N) is 3. The molecule has 2 aliphatic rings. The lowest BCUT2D eigenvalue weighted by molar-refractivity contribution is -0.00408. The lowest BCUT2D eigenvalue weighted by atomic mass is 10.0. The molecule has 0 radical (unpaired) electrons. The number of benzene rings is 1. The van der Waals surface area contributed by atoms with E-state index >= 15 is 0 Å². The second-order valence-corrected chi connectivity index (χ2v) is 11.8. The lowest BCUT2D eigenvalue weighted by Gasteiger charge is -2.36. The SMILES string of the molecule is Cc1cc(-c2ncnc3c(C(=O)N[C@@H]4CCN(C(=O)OC(C)(C)C)C[C@H]4O)c(C)[nH]c23)c(OCC2CC2)cc1F. The molecular weight excluding hydrogens is 517 g/mol. The average molecular weight is 554 g/mol. The number of halogens is 1. The Balaban J connectivity index is 1.38. The number of likely N-dealkylation sites (tertiary alicyclic amines) is 1. The highest BCUT2D eigenvalue weighted by atomic mass is 19.1. The van der Waals surface area contributed by atoms with E-state index in [1.165, 1.54) is 17.3 Å². The minimum absolute atomic E-state index is 0.0482. The number of H-pyrrole nitrogens is 1. The maximum absolute atomic E-state index is 14.5. The topological polar surface area (TPSA) is 130 Å². The van der Waals surface area contributed by atoms with E-state index in [4.69, 9.17) is 9.47 Å². The quantitative estimate of drug-likeness (QED) is 0.416. The van der Waals surface area contributed by atoms with Gasteiger partial charge in [0.15, 0.2) is 0 Å². The molecule has 5 rings (SSSR count). The molecule has 11 heteroatoms. The maximum atomic E-state index is 14.5. The number of amides is 2. The summed E-state index contributed by atoms with van der Waals surface area (Å²) < 4.78 is 25.9. The Morgan fingerprint density at radius 2 is 1.95 bits per heavy atom. The van der Waals surface area contributed by atoms with E-state index in [9.17, 15) is 19.1 Å². The average Bonchev–Trinajstić information content (AvgIpc) is 3.64. The van der Waals surface area contributed by atoms with E-state index < -0.39 is 29.7 Å². The first kappa shape index (κ1) is 27.8. The van der Waals surface area contributed by atoms with Crippen molar-refractivity contribution in [2.45, 2.75) is 71.6 Å². The Labute approximate surface area is 232 Å². The predicted molar refractivity (Wildman–Crippen MR) is 147 cm³/mol. The van der Waals surface area contributed by atoms with E-state index in [-0.39, 0.29) is 12.4 Å². The van der Waals surface area contributed by atoms with Gasteiger partial charge in [-0.2, -0.15) is 0 Å². The zero-order chi connectivity index (χ0) is 28.8. The summed E-state index contributed by atoms with van der Waals surface area (Å²) in [7, 11) is 0. The zero-order valence-corrected chi connectivity index (χ0v) is 23.5. The Morgan fingerprint density at radius 1 is 1.20 bits per heavy atom. The summed E-state index contributed by atoms with van der Waals surface area (Å²) in [6, 6.07) is 2.53. The number of aromatic amines is 1. The van der Waals surface area contributed by atoms with E-state index in [2.05, 4.69) is 20.3 Å². The molecule has 40 heavy (non-hydrogen) atoms. The number of piperidine rings is 1. The largest absolute Gasteiger partial charge is 0.492 e. The van der Waals surface area contributed by atoms with Gasteiger partial charge in [0, 0.05) is 23.9 Å². The Bertz CT molecular complexity index is 1440. The number of nitrogens with one attached hydrogen (secondary N) is 2. The van der Waals surface area contributed by atoms with Crippen LogP contribution in [0, 0.1) is 25.6 Å². The van der Waals surface area contributed by atoms with Crippen molar-refractivity contribution in [3.8, 4) is 17.0 Å². The summed E-state index contributed by atoms with van der Waals surface area (Å²) in [5.41, 5.74) is 2.79. The van der Waals surface area contributed by atoms with E-state index in [0.29, 0.717) is 70.4 Å². The van der Waals surface area contributed by atoms with Crippen LogP contribution in [0.15, 0.2) is 18.5 Å². The lowest BCUT2D eigenvalue weighted by Crippen LogP contribution is -2.56. The van der Waals surface area contributed by atoms with Gasteiger partial charge in [0.05, 0.1) is 36.4 Å². The van der Waals surface area contributed by atoms with Gasteiger partial charge >= 0.3 is 6.09 Å². The van der Waals surface area contributed by atoms with Crippen LogP contribution < -0.4 is 10.1 Å². The van der Waals surface area contributed by atoms with Crippen LogP contribution in [0.5, 0.6) is 5.75 Å². The fourth-order valence-electron chi connectivity index (χ4n) is 4.90. The van der Waals surface area contributed by atoms with Gasteiger partial charge in [0.25, 0.3) is 5.91 Å². The number of ether oxygens (including phenoxy) is 2. The molecule has 1 aromatic carbocycles. The van der Waals surface area contributed by atoms with Crippen molar-refractivity contribution < 1.29 is 28.6 Å². The molecule has 2 aromatic heterocycles. The molecule has 3 heterocycles. The summed E-state index contributed by atoms with van der Waals surface area (Å²) in [5.74, 6) is 0.118. The number of hydrogen-bond acceptors (Lipinski definition) is 7. The first-order valence-corrected chi connectivity index (χ1v) is 13.6. The van der Waals surface area contributed by atoms with Crippen molar-refractivity contribution in [3.63, 3.8) is 0 Å². The van der Waals surface area contributed by atoms with Crippen LogP contribution >= 0.6 is 0 Å². The van der Waals surface area contributed by atoms with Crippen molar-refractivity contribution in [2.24, 2.45) is 5.92 Å². The van der Waals surface area contributed by atoms with Gasteiger partial charge < -0.3 is 29.8 Å². The Hall–Kier alpha value is -3.73. The number of aliphatic hydroxyl groups excluding tert-OH is 1. The molecule has 1 aliphatic carbocycles. The van der Waals surface area contributed by atoms with Gasteiger partial charge in [-0.15, -0.1) is 0 Å². The van der Waals surface area contributed by atoms with Gasteiger partial charge in [0.2, 0.25) is 0 Å². The normalized spacial score (nSPS) is 19.5. The Morgan fingerprint density at radius 3 is 2.62 bits per heavy atom. The van der Waals surface area contributed by atoms with Crippen LogP contribution in [0.4, 0.5) is 9.18 Å². The highest BCUT2D eigenvalue weighted by Gasteiger charge is 2.34. The number of hydrogen-bond donors (Lipinski definition) is 3. The van der Waals surface area contributed by atoms with E-state index in [1.807, 2.05) is 0 Å². The number of aryl methyl sites for hydroxylation is 2. The van der Waals surface area contributed by atoms with E-state index in [1.54, 1.807) is 40.7 Å². The molecule has 1 aliphatic heterocycles. The summed E-state index contributed by atoms with van der Waals surface area (Å²) in [6.07, 6.45) is 2.48. The van der Waals surface area contributed by atoms with Gasteiger partial charge in [-0.3, -0.25) is 4.79 Å². The monoisotopic (exact) mass is 553 g/mol. The minimum atomic E-state index is -0.964. The number of β-amino-alcohol motifs (C(OH)–C–C–N with tert-alkyl or cyclic N) is 1. The standard InChI is InChI=1S/C29H36FN5O5/c1-15-10-18(22(11-19(15)30)39-13-17-6-7-17)24-26-25(32-14-31-24)23(16(2)33-26)27(37)34-20-8-9-35(12-21(20)36)28(38)40-29(3,4)5/h10-11,14,17,20-21,33,36H,6-9,12-13H2,1-5H3,(H,34,37)/t20-,21-/m1/s1. The minimum Gasteiger partial charge on any atom is -0.492 e. The van der Waals surface area contributed by atoms with E-state index in [0.717, 1.165) is 12.8 Å². The molecule has 3 aromatic rings. The molecule has 2 fully saturated rings. The first-order chi connectivity index (χ1) is 18.9. The van der Waals surface area contributed by atoms with Crippen molar-refractivity contribution in [1.82, 2.24) is 25.2 Å². The molecule has 2 amide bonds. The third kappa shape index (κ3) is 5.89. The molecule has 0 spiro atoms. The first-order valence-electron chi connectivity index (χ1n) is 13.6. The zero-order valence-electron chi connectivity index (χ0n) is 23.5. The Kier molecular flexibility index (Phi) is 7.43. The number of fused-ring (bicyclic) bond motifs is 1. The van der Waals surface area contributed by atoms with Gasteiger partial charge in [-0.25, -0.2) is 19.2 Å². The van der Waals surface area contributed by atoms with Crippen LogP contribution in [0.1, 0.15) is 61.6 Å². The van der Waals surface area contributed by atoms with Gasteiger partial charge in [-0.1, -0.05) is 0 Å². The van der Waals surface area contributed by atoms with Gasteiger partial charge in [0.1, 0.15) is 34.7 Å².